The van der Waals surface area contributed by atoms with E-state index in [0.29, 0.717) is 18.8 Å². The van der Waals surface area contributed by atoms with Gasteiger partial charge >= 0.3 is 0 Å². The molecule has 1 atom stereocenters. The molecule has 0 aliphatic heterocycles. The van der Waals surface area contributed by atoms with E-state index in [1.54, 1.807) is 6.08 Å². The first kappa shape index (κ1) is 20.2. The normalized spacial score (nSPS) is 12.2. The summed E-state index contributed by atoms with van der Waals surface area (Å²) in [5.41, 5.74) is 1.18. The van der Waals surface area contributed by atoms with Crippen molar-refractivity contribution < 1.29 is 4.79 Å². The van der Waals surface area contributed by atoms with Crippen LogP contribution in [-0.2, 0) is 11.3 Å². The van der Waals surface area contributed by atoms with Crippen LogP contribution in [0.1, 0.15) is 30.8 Å². The van der Waals surface area contributed by atoms with Crippen LogP contribution in [-0.4, -0.2) is 52.0 Å². The van der Waals surface area contributed by atoms with Gasteiger partial charge in [0.25, 0.3) is 0 Å². The van der Waals surface area contributed by atoms with E-state index in [2.05, 4.69) is 50.6 Å². The molecule has 0 fully saturated rings. The molecule has 0 saturated heterocycles. The lowest BCUT2D eigenvalue weighted by molar-refractivity contribution is -0.118. The highest BCUT2D eigenvalue weighted by Crippen LogP contribution is 2.26. The smallest absolute Gasteiger partial charge is 0.230 e. The summed E-state index contributed by atoms with van der Waals surface area (Å²) >= 11 is 1.41. The van der Waals surface area contributed by atoms with Crippen LogP contribution in [0.5, 0.6) is 0 Å². The maximum atomic E-state index is 11.9. The van der Waals surface area contributed by atoms with Crippen molar-refractivity contribution in [3.05, 3.63) is 54.4 Å². The summed E-state index contributed by atoms with van der Waals surface area (Å²) in [7, 11) is 4.09. The summed E-state index contributed by atoms with van der Waals surface area (Å²) < 4.78 is 2.12. The fourth-order valence-electron chi connectivity index (χ4n) is 2.71. The topological polar surface area (TPSA) is 63.1 Å². The number of nitrogens with zero attached hydrogens (tertiary/aromatic N) is 4. The third-order valence-corrected chi connectivity index (χ3v) is 4.98. The standard InChI is InChI=1S/C19H27N5OS/c1-5-12-20-17(25)14-26-19-22-21-18(16(6-2)23(3)4)24(19)13-15-10-8-7-9-11-15/h5,7-11,16H,1,6,12-14H2,2-4H3,(H,20,25). The van der Waals surface area contributed by atoms with Crippen molar-refractivity contribution in [3.8, 4) is 0 Å². The molecule has 0 bridgehead atoms. The molecule has 1 heterocycles. The summed E-state index contributed by atoms with van der Waals surface area (Å²) in [4.78, 5) is 14.1. The Morgan fingerprint density at radius 3 is 2.69 bits per heavy atom. The first-order chi connectivity index (χ1) is 12.6. The van der Waals surface area contributed by atoms with Crippen LogP contribution < -0.4 is 5.32 Å². The van der Waals surface area contributed by atoms with Crippen molar-refractivity contribution in [1.29, 1.82) is 0 Å². The van der Waals surface area contributed by atoms with E-state index in [4.69, 9.17) is 0 Å². The molecule has 1 N–H and O–H groups in total. The second-order valence-corrected chi connectivity index (χ2v) is 7.12. The maximum absolute atomic E-state index is 11.9. The van der Waals surface area contributed by atoms with Crippen molar-refractivity contribution in [2.24, 2.45) is 0 Å². The van der Waals surface area contributed by atoms with Crippen LogP contribution in [0.4, 0.5) is 0 Å². The van der Waals surface area contributed by atoms with Crippen molar-refractivity contribution in [2.45, 2.75) is 31.1 Å². The predicted molar refractivity (Wildman–Crippen MR) is 106 cm³/mol. The van der Waals surface area contributed by atoms with Gasteiger partial charge in [-0.2, -0.15) is 0 Å². The first-order valence-corrected chi connectivity index (χ1v) is 9.69. The van der Waals surface area contributed by atoms with Crippen LogP contribution in [0.3, 0.4) is 0 Å². The maximum Gasteiger partial charge on any atom is 0.230 e. The van der Waals surface area contributed by atoms with Gasteiger partial charge in [0.15, 0.2) is 11.0 Å². The lowest BCUT2D eigenvalue weighted by atomic mass is 10.2. The summed E-state index contributed by atoms with van der Waals surface area (Å²) in [5, 5.41) is 12.4. The highest BCUT2D eigenvalue weighted by Gasteiger charge is 2.22. The molecule has 0 saturated carbocycles. The zero-order chi connectivity index (χ0) is 18.9. The Morgan fingerprint density at radius 1 is 1.35 bits per heavy atom. The van der Waals surface area contributed by atoms with Gasteiger partial charge in [0.05, 0.1) is 18.3 Å². The third kappa shape index (κ3) is 5.44. The number of hydrogen-bond acceptors (Lipinski definition) is 5. The van der Waals surface area contributed by atoms with E-state index < -0.39 is 0 Å². The number of thioether (sulfide) groups is 1. The SMILES string of the molecule is C=CCNC(=O)CSc1nnc(C(CC)N(C)C)n1Cc1ccccc1. The van der Waals surface area contributed by atoms with Gasteiger partial charge in [-0.25, -0.2) is 0 Å². The van der Waals surface area contributed by atoms with Crippen LogP contribution in [0.2, 0.25) is 0 Å². The molecule has 1 amide bonds. The molecule has 1 aromatic carbocycles. The summed E-state index contributed by atoms with van der Waals surface area (Å²) in [6.45, 7) is 6.91. The molecule has 1 aromatic heterocycles. The number of aromatic nitrogens is 3. The molecule has 140 valence electrons. The number of nitrogens with one attached hydrogen (secondary N) is 1. The fraction of sp³-hybridized carbons (Fsp3) is 0.421. The highest BCUT2D eigenvalue weighted by molar-refractivity contribution is 7.99. The molecule has 2 aromatic rings. The van der Waals surface area contributed by atoms with E-state index >= 15 is 0 Å². The average Bonchev–Trinajstić information content (AvgIpc) is 3.02. The molecule has 0 aliphatic carbocycles. The Morgan fingerprint density at radius 2 is 2.08 bits per heavy atom. The molecule has 7 heteroatoms. The Kier molecular flexibility index (Phi) is 7.87. The number of amides is 1. The highest BCUT2D eigenvalue weighted by atomic mass is 32.2. The Hall–Kier alpha value is -2.12. The van der Waals surface area contributed by atoms with Crippen molar-refractivity contribution in [1.82, 2.24) is 25.0 Å². The summed E-state index contributed by atoms with van der Waals surface area (Å²) in [6, 6.07) is 10.4. The lowest BCUT2D eigenvalue weighted by Crippen LogP contribution is -2.25. The van der Waals surface area contributed by atoms with Gasteiger partial charge in [0, 0.05) is 6.54 Å². The Balaban J connectivity index is 2.24. The second kappa shape index (κ2) is 10.1. The minimum Gasteiger partial charge on any atom is -0.352 e. The van der Waals surface area contributed by atoms with Gasteiger partial charge in [-0.05, 0) is 26.1 Å². The van der Waals surface area contributed by atoms with Gasteiger partial charge in [0.2, 0.25) is 5.91 Å². The minimum absolute atomic E-state index is 0.0367. The average molecular weight is 374 g/mol. The molecule has 0 aliphatic rings. The lowest BCUT2D eigenvalue weighted by Gasteiger charge is -2.23. The molecular formula is C19H27N5OS. The molecule has 26 heavy (non-hydrogen) atoms. The monoisotopic (exact) mass is 373 g/mol. The van der Waals surface area contributed by atoms with Gasteiger partial charge < -0.3 is 9.88 Å². The predicted octanol–water partition coefficient (Wildman–Crippen LogP) is 2.73. The minimum atomic E-state index is -0.0367. The van der Waals surface area contributed by atoms with Crippen molar-refractivity contribution in [3.63, 3.8) is 0 Å². The molecule has 6 nitrogen and oxygen atoms in total. The zero-order valence-corrected chi connectivity index (χ0v) is 16.5. The van der Waals surface area contributed by atoms with Crippen molar-refractivity contribution >= 4 is 17.7 Å². The number of hydrogen-bond donors (Lipinski definition) is 1. The molecular weight excluding hydrogens is 346 g/mol. The summed E-state index contributed by atoms with van der Waals surface area (Å²) in [6.07, 6.45) is 2.60. The second-order valence-electron chi connectivity index (χ2n) is 6.18. The van der Waals surface area contributed by atoms with E-state index in [9.17, 15) is 4.79 Å². The largest absolute Gasteiger partial charge is 0.352 e. The number of rotatable bonds is 10. The van der Waals surface area contributed by atoms with Crippen LogP contribution in [0, 0.1) is 0 Å². The van der Waals surface area contributed by atoms with E-state index in [0.717, 1.165) is 17.4 Å². The van der Waals surface area contributed by atoms with Crippen molar-refractivity contribution in [2.75, 3.05) is 26.4 Å². The summed E-state index contributed by atoms with van der Waals surface area (Å²) in [5.74, 6) is 1.19. The molecule has 1 unspecified atom stereocenters. The Labute approximate surface area is 159 Å². The van der Waals surface area contributed by atoms with E-state index in [-0.39, 0.29) is 11.9 Å². The number of carbonyl (C=O) groups is 1. The van der Waals surface area contributed by atoms with Gasteiger partial charge in [0.1, 0.15) is 0 Å². The molecule has 2 rings (SSSR count). The van der Waals surface area contributed by atoms with Gasteiger partial charge in [-0.3, -0.25) is 9.69 Å². The van der Waals surface area contributed by atoms with Crippen LogP contribution in [0.15, 0.2) is 48.1 Å². The quantitative estimate of drug-likeness (QED) is 0.512. The zero-order valence-electron chi connectivity index (χ0n) is 15.7. The number of carbonyl (C=O) groups excluding carboxylic acids is 1. The molecule has 0 radical (unpaired) electrons. The van der Waals surface area contributed by atoms with Gasteiger partial charge in [-0.1, -0.05) is 55.1 Å². The first-order valence-electron chi connectivity index (χ1n) is 8.70. The molecule has 0 spiro atoms. The van der Waals surface area contributed by atoms with Crippen LogP contribution >= 0.6 is 11.8 Å². The fourth-order valence-corrected chi connectivity index (χ4v) is 3.49. The third-order valence-electron chi connectivity index (χ3n) is 4.01. The Bertz CT molecular complexity index is 714. The van der Waals surface area contributed by atoms with Crippen LogP contribution in [0.25, 0.3) is 0 Å². The van der Waals surface area contributed by atoms with E-state index in [1.165, 1.54) is 17.3 Å². The number of benzene rings is 1. The van der Waals surface area contributed by atoms with Gasteiger partial charge in [-0.15, -0.1) is 16.8 Å². The van der Waals surface area contributed by atoms with E-state index in [1.807, 2.05) is 32.3 Å².